The maximum Gasteiger partial charge on any atom is 0.0935 e. The van der Waals surface area contributed by atoms with E-state index in [1.165, 1.54) is 10.5 Å². The quantitative estimate of drug-likeness (QED) is 0.485. The third kappa shape index (κ3) is 2.91. The molecule has 2 aromatic rings. The molecule has 1 aromatic heterocycles. The number of benzene rings is 1. The van der Waals surface area contributed by atoms with Crippen molar-refractivity contribution in [1.29, 1.82) is 0 Å². The molecule has 4 heteroatoms. The highest BCUT2D eigenvalue weighted by Gasteiger charge is 2.14. The molecule has 0 radical (unpaired) electrons. The summed E-state index contributed by atoms with van der Waals surface area (Å²) in [4.78, 5) is 1.25. The van der Waals surface area contributed by atoms with E-state index in [9.17, 15) is 0 Å². The van der Waals surface area contributed by atoms with Crippen LogP contribution in [0.2, 0.25) is 0 Å². The molecule has 0 saturated carbocycles. The van der Waals surface area contributed by atoms with Crippen LogP contribution in [0, 0.1) is 0 Å². The molecule has 3 N–H and O–H groups in total. The number of thioether (sulfide) groups is 1. The summed E-state index contributed by atoms with van der Waals surface area (Å²) < 4.78 is 5.08. The van der Waals surface area contributed by atoms with E-state index in [0.29, 0.717) is 0 Å². The highest BCUT2D eigenvalue weighted by molar-refractivity contribution is 7.98. The van der Waals surface area contributed by atoms with E-state index in [-0.39, 0.29) is 6.04 Å². The lowest BCUT2D eigenvalue weighted by molar-refractivity contribution is 0.531. The summed E-state index contributed by atoms with van der Waals surface area (Å²) >= 11 is 1.73. The number of hydrogen-bond acceptors (Lipinski definition) is 4. The molecular formula is C13H16N2OS. The largest absolute Gasteiger partial charge is 0.472 e. The van der Waals surface area contributed by atoms with Crippen LogP contribution in [0.1, 0.15) is 17.2 Å². The number of nitrogens with two attached hydrogens (primary N) is 1. The van der Waals surface area contributed by atoms with Gasteiger partial charge in [-0.05, 0) is 35.9 Å². The Kier molecular flexibility index (Phi) is 4.25. The van der Waals surface area contributed by atoms with Crippen molar-refractivity contribution in [2.75, 3.05) is 6.26 Å². The van der Waals surface area contributed by atoms with E-state index in [2.05, 4.69) is 23.8 Å². The minimum absolute atomic E-state index is 0.108. The molecule has 1 heterocycles. The molecule has 90 valence electrons. The summed E-state index contributed by atoms with van der Waals surface area (Å²) in [6.07, 6.45) is 6.34. The second-order valence-corrected chi connectivity index (χ2v) is 4.64. The maximum atomic E-state index is 5.66. The van der Waals surface area contributed by atoms with Crippen LogP contribution in [0.3, 0.4) is 0 Å². The summed E-state index contributed by atoms with van der Waals surface area (Å²) in [7, 11) is 0. The number of hydrazine groups is 1. The molecule has 17 heavy (non-hydrogen) atoms. The SMILES string of the molecule is CSc1ccccc1C(Cc1ccoc1)NN. The fourth-order valence-corrected chi connectivity index (χ4v) is 2.52. The average molecular weight is 248 g/mol. The molecule has 0 bridgehead atoms. The summed E-state index contributed by atoms with van der Waals surface area (Å²) in [6, 6.07) is 10.4. The van der Waals surface area contributed by atoms with Gasteiger partial charge in [-0.3, -0.25) is 11.3 Å². The zero-order valence-corrected chi connectivity index (χ0v) is 10.5. The van der Waals surface area contributed by atoms with Crippen LogP contribution in [-0.4, -0.2) is 6.26 Å². The van der Waals surface area contributed by atoms with Crippen LogP contribution in [0.15, 0.2) is 52.2 Å². The first-order valence-electron chi connectivity index (χ1n) is 5.45. The van der Waals surface area contributed by atoms with Crippen molar-refractivity contribution in [3.8, 4) is 0 Å². The molecule has 1 unspecified atom stereocenters. The molecule has 2 rings (SSSR count). The van der Waals surface area contributed by atoms with E-state index in [1.54, 1.807) is 24.3 Å². The molecule has 3 nitrogen and oxygen atoms in total. The van der Waals surface area contributed by atoms with Gasteiger partial charge >= 0.3 is 0 Å². The van der Waals surface area contributed by atoms with Crippen LogP contribution in [0.25, 0.3) is 0 Å². The van der Waals surface area contributed by atoms with Crippen molar-refractivity contribution >= 4 is 11.8 Å². The molecule has 0 aliphatic carbocycles. The standard InChI is InChI=1S/C13H16N2OS/c1-17-13-5-3-2-4-11(13)12(15-14)8-10-6-7-16-9-10/h2-7,9,12,15H,8,14H2,1H3. The summed E-state index contributed by atoms with van der Waals surface area (Å²) in [5.41, 5.74) is 5.24. The maximum absolute atomic E-state index is 5.66. The lowest BCUT2D eigenvalue weighted by atomic mass is 10.0. The van der Waals surface area contributed by atoms with E-state index in [1.807, 2.05) is 18.2 Å². The zero-order chi connectivity index (χ0) is 12.1. The van der Waals surface area contributed by atoms with Gasteiger partial charge in [-0.15, -0.1) is 11.8 Å². The number of hydrogen-bond donors (Lipinski definition) is 2. The molecule has 0 aliphatic heterocycles. The molecule has 0 spiro atoms. The third-order valence-electron chi connectivity index (χ3n) is 2.74. The van der Waals surface area contributed by atoms with Crippen molar-refractivity contribution in [3.63, 3.8) is 0 Å². The molecule has 0 fully saturated rings. The summed E-state index contributed by atoms with van der Waals surface area (Å²) in [6.45, 7) is 0. The Morgan fingerprint density at radius 1 is 1.35 bits per heavy atom. The predicted octanol–water partition coefficient (Wildman–Crippen LogP) is 2.75. The van der Waals surface area contributed by atoms with Gasteiger partial charge in [0.2, 0.25) is 0 Å². The van der Waals surface area contributed by atoms with Crippen LogP contribution < -0.4 is 11.3 Å². The van der Waals surface area contributed by atoms with Crippen LogP contribution in [-0.2, 0) is 6.42 Å². The van der Waals surface area contributed by atoms with E-state index in [0.717, 1.165) is 12.0 Å². The highest BCUT2D eigenvalue weighted by atomic mass is 32.2. The highest BCUT2D eigenvalue weighted by Crippen LogP contribution is 2.27. The lowest BCUT2D eigenvalue weighted by Crippen LogP contribution is -2.29. The van der Waals surface area contributed by atoms with Gasteiger partial charge in [0.25, 0.3) is 0 Å². The number of rotatable bonds is 5. The minimum atomic E-state index is 0.108. The normalized spacial score (nSPS) is 12.6. The van der Waals surface area contributed by atoms with Gasteiger partial charge in [0.15, 0.2) is 0 Å². The molecule has 0 amide bonds. The first-order chi connectivity index (χ1) is 8.35. The monoisotopic (exact) mass is 248 g/mol. The first kappa shape index (κ1) is 12.2. The molecule has 0 aliphatic rings. The zero-order valence-electron chi connectivity index (χ0n) is 9.72. The van der Waals surface area contributed by atoms with Crippen molar-refractivity contribution in [2.45, 2.75) is 17.4 Å². The van der Waals surface area contributed by atoms with Crippen molar-refractivity contribution in [3.05, 3.63) is 54.0 Å². The first-order valence-corrected chi connectivity index (χ1v) is 6.67. The molecular weight excluding hydrogens is 232 g/mol. The number of furan rings is 1. The van der Waals surface area contributed by atoms with E-state index < -0.39 is 0 Å². The average Bonchev–Trinajstić information content (AvgIpc) is 2.89. The predicted molar refractivity (Wildman–Crippen MR) is 70.7 cm³/mol. The van der Waals surface area contributed by atoms with Crippen LogP contribution >= 0.6 is 11.8 Å². The second-order valence-electron chi connectivity index (χ2n) is 3.80. The minimum Gasteiger partial charge on any atom is -0.472 e. The van der Waals surface area contributed by atoms with Gasteiger partial charge in [0, 0.05) is 4.90 Å². The topological polar surface area (TPSA) is 51.2 Å². The molecule has 0 saturated heterocycles. The Morgan fingerprint density at radius 3 is 2.82 bits per heavy atom. The van der Waals surface area contributed by atoms with Crippen molar-refractivity contribution in [2.24, 2.45) is 5.84 Å². The van der Waals surface area contributed by atoms with Gasteiger partial charge in [-0.2, -0.15) is 0 Å². The van der Waals surface area contributed by atoms with E-state index in [4.69, 9.17) is 10.3 Å². The van der Waals surface area contributed by atoms with Crippen LogP contribution in [0.4, 0.5) is 0 Å². The second kappa shape index (κ2) is 5.91. The molecule has 1 aromatic carbocycles. The fourth-order valence-electron chi connectivity index (χ4n) is 1.86. The van der Waals surface area contributed by atoms with Gasteiger partial charge in [0.1, 0.15) is 0 Å². The third-order valence-corrected chi connectivity index (χ3v) is 3.55. The Labute approximate surface area is 105 Å². The summed E-state index contributed by atoms with van der Waals surface area (Å²) in [5.74, 6) is 5.66. The fraction of sp³-hybridized carbons (Fsp3) is 0.231. The summed E-state index contributed by atoms with van der Waals surface area (Å²) in [5, 5.41) is 0. The van der Waals surface area contributed by atoms with Gasteiger partial charge in [0.05, 0.1) is 18.6 Å². The van der Waals surface area contributed by atoms with Gasteiger partial charge in [-0.1, -0.05) is 18.2 Å². The Morgan fingerprint density at radius 2 is 2.18 bits per heavy atom. The Hall–Kier alpha value is -1.23. The van der Waals surface area contributed by atoms with Crippen LogP contribution in [0.5, 0.6) is 0 Å². The van der Waals surface area contributed by atoms with Gasteiger partial charge < -0.3 is 4.42 Å². The van der Waals surface area contributed by atoms with E-state index >= 15 is 0 Å². The molecule has 1 atom stereocenters. The van der Waals surface area contributed by atoms with Crippen molar-refractivity contribution in [1.82, 2.24) is 5.43 Å². The Bertz CT molecular complexity index is 456. The number of nitrogens with one attached hydrogen (secondary N) is 1. The Balaban J connectivity index is 2.22. The van der Waals surface area contributed by atoms with Crippen molar-refractivity contribution < 1.29 is 4.42 Å². The lowest BCUT2D eigenvalue weighted by Gasteiger charge is -2.18. The van der Waals surface area contributed by atoms with Gasteiger partial charge in [-0.25, -0.2) is 0 Å². The smallest absolute Gasteiger partial charge is 0.0935 e.